The third-order valence-corrected chi connectivity index (χ3v) is 4.00. The molecule has 0 fully saturated rings. The lowest BCUT2D eigenvalue weighted by molar-refractivity contribution is -0.0499. The van der Waals surface area contributed by atoms with Gasteiger partial charge in [-0.1, -0.05) is 0 Å². The number of ether oxygens (including phenoxy) is 2. The van der Waals surface area contributed by atoms with Gasteiger partial charge < -0.3 is 13.7 Å². The second kappa shape index (κ2) is 5.76. The molecule has 126 valence electrons. The molecule has 1 heterocycles. The van der Waals surface area contributed by atoms with E-state index in [0.29, 0.717) is 16.8 Å². The number of nitrogens with zero attached hydrogens (tertiary/aromatic N) is 1. The van der Waals surface area contributed by atoms with Crippen molar-refractivity contribution < 1.29 is 35.2 Å². The van der Waals surface area contributed by atoms with Crippen molar-refractivity contribution in [2.45, 2.75) is 12.4 Å². The van der Waals surface area contributed by atoms with Gasteiger partial charge in [0.25, 0.3) is 0 Å². The molecule has 2 rings (SSSR count). The molecule has 23 heavy (non-hydrogen) atoms. The summed E-state index contributed by atoms with van der Waals surface area (Å²) < 4.78 is 74.2. The Bertz CT molecular complexity index is 849. The zero-order valence-corrected chi connectivity index (χ0v) is 13.1. The number of alkyl halides is 3. The van der Waals surface area contributed by atoms with Gasteiger partial charge >= 0.3 is 15.6 Å². The van der Waals surface area contributed by atoms with Gasteiger partial charge in [-0.15, -0.1) is 0 Å². The third-order valence-electron chi connectivity index (χ3n) is 3.04. The van der Waals surface area contributed by atoms with Gasteiger partial charge in [-0.25, -0.2) is 0 Å². The normalized spacial score (nSPS) is 12.3. The summed E-state index contributed by atoms with van der Waals surface area (Å²) in [6.07, 6.45) is 0.910. The minimum absolute atomic E-state index is 0.1000. The molecule has 1 aromatic heterocycles. The monoisotopic (exact) mass is 351 g/mol. The van der Waals surface area contributed by atoms with Crippen molar-refractivity contribution in [2.24, 2.45) is 0 Å². The van der Waals surface area contributed by atoms with Crippen molar-refractivity contribution >= 4 is 20.9 Å². The maximum absolute atomic E-state index is 12.5. The highest BCUT2D eigenvalue weighted by Gasteiger charge is 2.48. The van der Waals surface area contributed by atoms with Crippen LogP contribution in [0.15, 0.2) is 18.3 Å². The number of benzene rings is 1. The van der Waals surface area contributed by atoms with Crippen LogP contribution in [0, 0.1) is 6.92 Å². The summed E-state index contributed by atoms with van der Waals surface area (Å²) in [5.74, 6) is -0.0236. The van der Waals surface area contributed by atoms with E-state index in [2.05, 4.69) is 9.17 Å². The number of hydrogen-bond acceptors (Lipinski definition) is 6. The lowest BCUT2D eigenvalue weighted by Gasteiger charge is -2.14. The van der Waals surface area contributed by atoms with E-state index in [1.54, 1.807) is 6.92 Å². The number of rotatable bonds is 4. The summed E-state index contributed by atoms with van der Waals surface area (Å²) in [5.41, 5.74) is -5.08. The molecule has 0 saturated heterocycles. The van der Waals surface area contributed by atoms with E-state index in [1.807, 2.05) is 0 Å². The fraction of sp³-hybridized carbons (Fsp3) is 0.308. The van der Waals surface area contributed by atoms with Gasteiger partial charge in [0.05, 0.1) is 20.4 Å². The highest BCUT2D eigenvalue weighted by Crippen LogP contribution is 2.38. The first-order valence-corrected chi connectivity index (χ1v) is 7.53. The van der Waals surface area contributed by atoms with Crippen molar-refractivity contribution in [3.05, 3.63) is 24.0 Å². The number of halogens is 3. The molecule has 0 bridgehead atoms. The van der Waals surface area contributed by atoms with Crippen LogP contribution in [0.3, 0.4) is 0 Å². The highest BCUT2D eigenvalue weighted by molar-refractivity contribution is 7.88. The molecule has 0 aliphatic rings. The minimum atomic E-state index is -5.80. The van der Waals surface area contributed by atoms with Crippen molar-refractivity contribution in [2.75, 3.05) is 14.2 Å². The molecule has 2 aromatic rings. The maximum Gasteiger partial charge on any atom is 0.534 e. The average Bonchev–Trinajstić information content (AvgIpc) is 2.47. The molecule has 0 unspecified atom stereocenters. The Hall–Kier alpha value is -2.23. The molecule has 0 saturated carbocycles. The lowest BCUT2D eigenvalue weighted by Crippen LogP contribution is -2.28. The predicted molar refractivity (Wildman–Crippen MR) is 75.2 cm³/mol. The van der Waals surface area contributed by atoms with Crippen molar-refractivity contribution in [1.29, 1.82) is 0 Å². The van der Waals surface area contributed by atoms with Crippen LogP contribution in [0.25, 0.3) is 10.8 Å². The smallest absolute Gasteiger partial charge is 0.493 e. The maximum atomic E-state index is 12.5. The van der Waals surface area contributed by atoms with E-state index >= 15 is 0 Å². The first-order valence-electron chi connectivity index (χ1n) is 6.13. The zero-order valence-electron chi connectivity index (χ0n) is 12.3. The van der Waals surface area contributed by atoms with E-state index in [0.717, 1.165) is 6.20 Å². The van der Waals surface area contributed by atoms with Crippen molar-refractivity contribution in [3.8, 4) is 17.2 Å². The molecule has 0 amide bonds. The number of methoxy groups -OCH3 is 2. The second-order valence-electron chi connectivity index (χ2n) is 4.44. The number of aryl methyl sites for hydroxylation is 1. The standard InChI is InChI=1S/C13H12F3NO5S/c1-7-8-4-10(20-2)11(21-3)5-9(8)12(6-17-7)22-23(18,19)13(14,15)16/h4-6H,1-3H3. The van der Waals surface area contributed by atoms with E-state index in [9.17, 15) is 21.6 Å². The van der Waals surface area contributed by atoms with Crippen molar-refractivity contribution in [1.82, 2.24) is 4.98 Å². The van der Waals surface area contributed by atoms with Gasteiger partial charge in [-0.3, -0.25) is 4.98 Å². The van der Waals surface area contributed by atoms with Crippen LogP contribution in [0.2, 0.25) is 0 Å². The minimum Gasteiger partial charge on any atom is -0.493 e. The van der Waals surface area contributed by atoms with Gasteiger partial charge in [0.2, 0.25) is 0 Å². The largest absolute Gasteiger partial charge is 0.534 e. The lowest BCUT2D eigenvalue weighted by atomic mass is 10.1. The number of hydrogen-bond donors (Lipinski definition) is 0. The van der Waals surface area contributed by atoms with Gasteiger partial charge in [-0.2, -0.15) is 21.6 Å². The topological polar surface area (TPSA) is 74.7 Å². The molecule has 0 aliphatic heterocycles. The van der Waals surface area contributed by atoms with Crippen LogP contribution < -0.4 is 13.7 Å². The van der Waals surface area contributed by atoms with Gasteiger partial charge in [-0.05, 0) is 19.1 Å². The Morgan fingerprint density at radius 3 is 2.00 bits per heavy atom. The molecule has 6 nitrogen and oxygen atoms in total. The highest BCUT2D eigenvalue weighted by atomic mass is 32.2. The predicted octanol–water partition coefficient (Wildman–Crippen LogP) is 2.79. The summed E-state index contributed by atoms with van der Waals surface area (Å²) in [6, 6.07) is 2.80. The molecule has 0 N–H and O–H groups in total. The number of fused-ring (bicyclic) bond motifs is 1. The number of pyridine rings is 1. The van der Waals surface area contributed by atoms with Gasteiger partial charge in [0.15, 0.2) is 17.2 Å². The molecule has 1 aromatic carbocycles. The van der Waals surface area contributed by atoms with E-state index in [1.165, 1.54) is 26.4 Å². The van der Waals surface area contributed by atoms with Crippen LogP contribution >= 0.6 is 0 Å². The fourth-order valence-corrected chi connectivity index (χ4v) is 2.37. The molecule has 0 aliphatic carbocycles. The molecule has 10 heteroatoms. The molecular weight excluding hydrogens is 339 g/mol. The summed E-state index contributed by atoms with van der Waals surface area (Å²) in [5, 5.41) is 0.473. The Kier molecular flexibility index (Phi) is 4.29. The molecule has 0 atom stereocenters. The Labute approximate surface area is 129 Å². The quantitative estimate of drug-likeness (QED) is 0.623. The van der Waals surface area contributed by atoms with E-state index in [4.69, 9.17) is 9.47 Å². The number of aromatic nitrogens is 1. The van der Waals surface area contributed by atoms with E-state index < -0.39 is 21.4 Å². The molecule has 0 spiro atoms. The second-order valence-corrected chi connectivity index (χ2v) is 5.98. The van der Waals surface area contributed by atoms with Crippen molar-refractivity contribution in [3.63, 3.8) is 0 Å². The Balaban J connectivity index is 2.69. The summed E-state index contributed by atoms with van der Waals surface area (Å²) in [4.78, 5) is 3.85. The molecule has 0 radical (unpaired) electrons. The van der Waals surface area contributed by atoms with Crippen LogP contribution in [-0.2, 0) is 10.1 Å². The van der Waals surface area contributed by atoms with Gasteiger partial charge in [0, 0.05) is 16.5 Å². The first kappa shape index (κ1) is 17.1. The van der Waals surface area contributed by atoms with Gasteiger partial charge in [0.1, 0.15) is 0 Å². The SMILES string of the molecule is COc1cc2c(OS(=O)(=O)C(F)(F)F)cnc(C)c2cc1OC. The first-order chi connectivity index (χ1) is 10.6. The summed E-state index contributed by atoms with van der Waals surface area (Å²) in [7, 11) is -3.07. The molecular formula is C13H12F3NO5S. The Morgan fingerprint density at radius 1 is 1.00 bits per heavy atom. The van der Waals surface area contributed by atoms with Crippen LogP contribution in [-0.4, -0.2) is 33.1 Å². The van der Waals surface area contributed by atoms with Crippen LogP contribution in [0.5, 0.6) is 17.2 Å². The summed E-state index contributed by atoms with van der Waals surface area (Å²) in [6.45, 7) is 1.61. The van der Waals surface area contributed by atoms with E-state index in [-0.39, 0.29) is 11.1 Å². The zero-order chi connectivity index (χ0) is 17.4. The fourth-order valence-electron chi connectivity index (χ4n) is 1.91. The summed E-state index contributed by atoms with van der Waals surface area (Å²) >= 11 is 0. The Morgan fingerprint density at radius 2 is 1.52 bits per heavy atom. The average molecular weight is 351 g/mol. The van der Waals surface area contributed by atoms with Crippen LogP contribution in [0.1, 0.15) is 5.69 Å². The third kappa shape index (κ3) is 3.11. The van der Waals surface area contributed by atoms with Crippen LogP contribution in [0.4, 0.5) is 13.2 Å².